The van der Waals surface area contributed by atoms with E-state index in [1.165, 1.54) is 27.0 Å². The van der Waals surface area contributed by atoms with Crippen LogP contribution in [0.2, 0.25) is 10.0 Å². The quantitative estimate of drug-likeness (QED) is 0.110. The number of allylic oxidation sites excluding steroid dienone is 1. The summed E-state index contributed by atoms with van der Waals surface area (Å²) in [6.07, 6.45) is 1.53. The summed E-state index contributed by atoms with van der Waals surface area (Å²) in [5.41, 5.74) is 0.809. The van der Waals surface area contributed by atoms with E-state index in [0.29, 0.717) is 45.7 Å². The van der Waals surface area contributed by atoms with Crippen LogP contribution in [-0.2, 0) is 24.7 Å². The molecule has 1 fully saturated rings. The van der Waals surface area contributed by atoms with Gasteiger partial charge in [0.05, 0.1) is 23.1 Å². The molecule has 0 N–H and O–H groups in total. The molecule has 45 heavy (non-hydrogen) atoms. The van der Waals surface area contributed by atoms with Crippen molar-refractivity contribution in [2.75, 3.05) is 32.7 Å². The number of halogens is 4. The first-order valence-electron chi connectivity index (χ1n) is 14.6. The number of esters is 1. The molecular formula is C34H33Cl2FINO5S. The molecule has 2 heterocycles. The van der Waals surface area contributed by atoms with Crippen molar-refractivity contribution < 1.29 is 28.2 Å². The van der Waals surface area contributed by atoms with Gasteiger partial charge in [0.1, 0.15) is 12.4 Å². The molecule has 1 saturated heterocycles. The van der Waals surface area contributed by atoms with Crippen LogP contribution in [0.3, 0.4) is 0 Å². The van der Waals surface area contributed by atoms with Gasteiger partial charge in [0.25, 0.3) is 5.91 Å². The van der Waals surface area contributed by atoms with Crippen molar-refractivity contribution in [1.82, 2.24) is 4.90 Å². The predicted molar refractivity (Wildman–Crippen MR) is 185 cm³/mol. The minimum Gasteiger partial charge on any atom is -0.465 e. The summed E-state index contributed by atoms with van der Waals surface area (Å²) in [6.45, 7) is 7.39. The maximum absolute atomic E-state index is 16.7. The van der Waals surface area contributed by atoms with Crippen LogP contribution in [0.25, 0.3) is 5.57 Å². The van der Waals surface area contributed by atoms with Gasteiger partial charge in [0.2, 0.25) is 0 Å². The first kappa shape index (κ1) is 34.2. The van der Waals surface area contributed by atoms with Gasteiger partial charge in [-0.15, -0.1) is 0 Å². The second-order valence-corrected chi connectivity index (χ2v) is 14.5. The van der Waals surface area contributed by atoms with Crippen molar-refractivity contribution >= 4 is 70.8 Å². The monoisotopic (exact) mass is 783 g/mol. The molecule has 238 valence electrons. The largest absolute Gasteiger partial charge is 0.465 e. The normalized spacial score (nSPS) is 19.7. The van der Waals surface area contributed by atoms with Crippen LogP contribution >= 0.6 is 53.3 Å². The number of methoxy groups -OCH3 is 1. The first-order valence-corrected chi connectivity index (χ1v) is 18.8. The van der Waals surface area contributed by atoms with Crippen LogP contribution in [0.5, 0.6) is 0 Å². The molecule has 0 spiro atoms. The molecule has 0 saturated carbocycles. The smallest absolute Gasteiger partial charge is 0.311 e. The Bertz CT molecular complexity index is 1570. The summed E-state index contributed by atoms with van der Waals surface area (Å²) < 4.78 is 34.1. The zero-order valence-corrected chi connectivity index (χ0v) is 29.3. The molecular weight excluding hydrogens is 751 g/mol. The van der Waals surface area contributed by atoms with Crippen LogP contribution < -0.4 is 0 Å². The van der Waals surface area contributed by atoms with Crippen molar-refractivity contribution in [2.24, 2.45) is 11.8 Å². The molecule has 2 aliphatic rings. The van der Waals surface area contributed by atoms with Crippen LogP contribution in [-0.4, -0.2) is 49.5 Å². The number of benzene rings is 3. The third-order valence-electron chi connectivity index (χ3n) is 8.57. The molecule has 0 unspecified atom stereocenters. The Morgan fingerprint density at radius 1 is 1.13 bits per heavy atom. The second kappa shape index (κ2) is 14.7. The standard InChI is InChI=1S/C34H33Cl2FINO5S/c1-20(22-12-14-43-15-13-22)24-18-28-30(29(37)19-24)34(42-3,25-6-10-27(36)11-7-25)39(32(28)40)31(23-4-8-26(35)9-5-23)21(2)33(41)44-16-17-45-38/h4-11,18-19,21-22,31H,1,12-17H2,2-3H3/t21-,31-,34+/m0/s1. The predicted octanol–water partition coefficient (Wildman–Crippen LogP) is 8.88. The molecule has 0 radical (unpaired) electrons. The van der Waals surface area contributed by atoms with Crippen LogP contribution in [0.1, 0.15) is 58.4 Å². The number of nitrogens with zero attached hydrogens (tertiary/aromatic N) is 1. The van der Waals surface area contributed by atoms with Gasteiger partial charge in [-0.1, -0.05) is 63.0 Å². The van der Waals surface area contributed by atoms with E-state index in [2.05, 4.69) is 27.8 Å². The Hall–Kier alpha value is -2.15. The highest BCUT2D eigenvalue weighted by Crippen LogP contribution is 2.52. The van der Waals surface area contributed by atoms with Gasteiger partial charge in [-0.2, -0.15) is 0 Å². The average molecular weight is 785 g/mol. The fourth-order valence-electron chi connectivity index (χ4n) is 6.34. The lowest BCUT2D eigenvalue weighted by molar-refractivity contribution is -0.155. The zero-order chi connectivity index (χ0) is 32.3. The third-order valence-corrected chi connectivity index (χ3v) is 10.7. The van der Waals surface area contributed by atoms with Gasteiger partial charge in [-0.3, -0.25) is 14.5 Å². The van der Waals surface area contributed by atoms with Gasteiger partial charge in [-0.25, -0.2) is 4.39 Å². The van der Waals surface area contributed by atoms with E-state index in [1.54, 1.807) is 61.5 Å². The first-order chi connectivity index (χ1) is 21.6. The van der Waals surface area contributed by atoms with E-state index in [1.807, 2.05) is 0 Å². The number of hydrogen-bond donors (Lipinski definition) is 0. The summed E-state index contributed by atoms with van der Waals surface area (Å²) in [6, 6.07) is 15.8. The van der Waals surface area contributed by atoms with Gasteiger partial charge in [0, 0.05) is 41.7 Å². The fourth-order valence-corrected chi connectivity index (χ4v) is 7.27. The molecule has 6 nitrogen and oxygen atoms in total. The highest BCUT2D eigenvalue weighted by molar-refractivity contribution is 14.2. The van der Waals surface area contributed by atoms with E-state index in [9.17, 15) is 9.59 Å². The highest BCUT2D eigenvalue weighted by atomic mass is 127. The topological polar surface area (TPSA) is 65.1 Å². The third kappa shape index (κ3) is 6.67. The van der Waals surface area contributed by atoms with Crippen molar-refractivity contribution in [2.45, 2.75) is 31.5 Å². The summed E-state index contributed by atoms with van der Waals surface area (Å²) in [5, 5.41) is 0.949. The Morgan fingerprint density at radius 3 is 2.36 bits per heavy atom. The highest BCUT2D eigenvalue weighted by Gasteiger charge is 2.58. The molecule has 5 rings (SSSR count). The van der Waals surface area contributed by atoms with Crippen molar-refractivity contribution in [1.29, 1.82) is 0 Å². The van der Waals surface area contributed by atoms with Crippen molar-refractivity contribution in [3.8, 4) is 0 Å². The van der Waals surface area contributed by atoms with Gasteiger partial charge in [0.15, 0.2) is 5.72 Å². The maximum atomic E-state index is 16.7. The Labute approximate surface area is 289 Å². The van der Waals surface area contributed by atoms with E-state index >= 15 is 4.39 Å². The molecule has 3 atom stereocenters. The summed E-state index contributed by atoms with van der Waals surface area (Å²) in [4.78, 5) is 29.8. The zero-order valence-electron chi connectivity index (χ0n) is 24.9. The van der Waals surface area contributed by atoms with E-state index < -0.39 is 35.4 Å². The molecule has 0 bridgehead atoms. The van der Waals surface area contributed by atoms with Gasteiger partial charge < -0.3 is 14.2 Å². The van der Waals surface area contributed by atoms with Crippen molar-refractivity contribution in [3.63, 3.8) is 0 Å². The molecule has 1 amide bonds. The number of amides is 1. The van der Waals surface area contributed by atoms with E-state index in [0.717, 1.165) is 18.4 Å². The van der Waals surface area contributed by atoms with Crippen LogP contribution in [0, 0.1) is 17.7 Å². The minimum absolute atomic E-state index is 0.0571. The Balaban J connectivity index is 1.72. The molecule has 0 aliphatic carbocycles. The number of carbonyl (C=O) groups excluding carboxylic acids is 2. The maximum Gasteiger partial charge on any atom is 0.311 e. The number of fused-ring (bicyclic) bond motifs is 1. The molecule has 11 heteroatoms. The average Bonchev–Trinajstić information content (AvgIpc) is 3.31. The number of ether oxygens (including phenoxy) is 3. The summed E-state index contributed by atoms with van der Waals surface area (Å²) in [5.74, 6) is -1.78. The Kier molecular flexibility index (Phi) is 11.2. The SMILES string of the molecule is C=C(c1cc(F)c2c(c1)C(=O)N([C@H](c1ccc(Cl)cc1)[C@H](C)C(=O)OCCSI)[C@@]2(OC)c1ccc(Cl)cc1)C1CCOCC1. The number of rotatable bonds is 11. The summed E-state index contributed by atoms with van der Waals surface area (Å²) >= 11 is 14.7. The minimum atomic E-state index is -1.75. The molecule has 3 aromatic rings. The van der Waals surface area contributed by atoms with Gasteiger partial charge >= 0.3 is 5.97 Å². The summed E-state index contributed by atoms with van der Waals surface area (Å²) in [7, 11) is 2.95. The van der Waals surface area contributed by atoms with E-state index in [4.69, 9.17) is 37.4 Å². The molecule has 3 aromatic carbocycles. The second-order valence-electron chi connectivity index (χ2n) is 11.1. The molecule has 0 aromatic heterocycles. The van der Waals surface area contributed by atoms with E-state index in [-0.39, 0.29) is 23.7 Å². The fraction of sp³-hybridized carbons (Fsp3) is 0.353. The number of carbonyl (C=O) groups is 2. The van der Waals surface area contributed by atoms with Crippen LogP contribution in [0.4, 0.5) is 4.39 Å². The molecule has 2 aliphatic heterocycles. The lowest BCUT2D eigenvalue weighted by Gasteiger charge is -2.44. The van der Waals surface area contributed by atoms with Crippen LogP contribution in [0.15, 0.2) is 67.2 Å². The Morgan fingerprint density at radius 2 is 1.76 bits per heavy atom. The lowest BCUT2D eigenvalue weighted by Crippen LogP contribution is -2.51. The van der Waals surface area contributed by atoms with Gasteiger partial charge in [-0.05, 0) is 100.0 Å². The number of hydrogen-bond acceptors (Lipinski definition) is 6. The lowest BCUT2D eigenvalue weighted by atomic mass is 9.85. The van der Waals surface area contributed by atoms with Crippen molar-refractivity contribution in [3.05, 3.63) is 111 Å².